The maximum Gasteiger partial charge on any atom is 0.271 e. The lowest BCUT2D eigenvalue weighted by molar-refractivity contribution is -0.385. The molecule has 3 aromatic rings. The van der Waals surface area contributed by atoms with Crippen LogP contribution in [0.4, 0.5) is 22.7 Å². The normalized spacial score (nSPS) is 12.1. The summed E-state index contributed by atoms with van der Waals surface area (Å²) in [5.74, 6) is 0. The summed E-state index contributed by atoms with van der Waals surface area (Å²) in [6.45, 7) is 3.41. The minimum atomic E-state index is -4.08. The molecule has 1 N–H and O–H groups in total. The lowest BCUT2D eigenvalue weighted by Crippen LogP contribution is -2.43. The molecule has 1 atom stereocenters. The molecule has 0 aliphatic heterocycles. The first-order valence-corrected chi connectivity index (χ1v) is 10.9. The van der Waals surface area contributed by atoms with Crippen molar-refractivity contribution in [1.82, 2.24) is 0 Å². The van der Waals surface area contributed by atoms with Gasteiger partial charge in [0.1, 0.15) is 6.17 Å². The molecule has 0 spiro atoms. The summed E-state index contributed by atoms with van der Waals surface area (Å²) in [6, 6.07) is 17.1. The minimum Gasteiger partial charge on any atom is -0.364 e. The van der Waals surface area contributed by atoms with Gasteiger partial charge in [-0.2, -0.15) is 0 Å². The van der Waals surface area contributed by atoms with Crippen LogP contribution < -0.4 is 9.62 Å². The van der Waals surface area contributed by atoms with Gasteiger partial charge in [0.2, 0.25) is 0 Å². The van der Waals surface area contributed by atoms with Crippen molar-refractivity contribution in [3.63, 3.8) is 0 Å². The van der Waals surface area contributed by atoms with Gasteiger partial charge in [-0.3, -0.25) is 20.2 Å². The summed E-state index contributed by atoms with van der Waals surface area (Å²) in [5.41, 5.74) is 1.10. The van der Waals surface area contributed by atoms with E-state index in [2.05, 4.69) is 5.32 Å². The minimum absolute atomic E-state index is 0.0362. The number of benzene rings is 3. The van der Waals surface area contributed by atoms with Crippen molar-refractivity contribution in [1.29, 1.82) is 0 Å². The van der Waals surface area contributed by atoms with Crippen LogP contribution in [0.1, 0.15) is 12.5 Å². The Hall–Kier alpha value is -3.99. The quantitative estimate of drug-likeness (QED) is 0.300. The first kappa shape index (κ1) is 22.7. The first-order chi connectivity index (χ1) is 15.1. The Bertz CT molecular complexity index is 1240. The summed E-state index contributed by atoms with van der Waals surface area (Å²) < 4.78 is 28.1. The highest BCUT2D eigenvalue weighted by Crippen LogP contribution is 2.29. The summed E-state index contributed by atoms with van der Waals surface area (Å²) >= 11 is 0. The fourth-order valence-corrected chi connectivity index (χ4v) is 4.70. The molecular weight excluding hydrogens is 436 g/mol. The van der Waals surface area contributed by atoms with Gasteiger partial charge in [0.15, 0.2) is 0 Å². The Morgan fingerprint density at radius 1 is 0.875 bits per heavy atom. The number of anilines is 2. The van der Waals surface area contributed by atoms with Gasteiger partial charge in [-0.05, 0) is 44.2 Å². The lowest BCUT2D eigenvalue weighted by atomic mass is 10.2. The summed E-state index contributed by atoms with van der Waals surface area (Å²) in [7, 11) is -4.08. The van der Waals surface area contributed by atoms with Crippen LogP contribution in [-0.2, 0) is 10.0 Å². The predicted octanol–water partition coefficient (Wildman–Crippen LogP) is 4.46. The van der Waals surface area contributed by atoms with Crippen LogP contribution in [0.15, 0.2) is 77.7 Å². The number of hydrogen-bond donors (Lipinski definition) is 1. The van der Waals surface area contributed by atoms with Gasteiger partial charge in [0, 0.05) is 30.0 Å². The van der Waals surface area contributed by atoms with E-state index >= 15 is 0 Å². The van der Waals surface area contributed by atoms with Gasteiger partial charge < -0.3 is 5.32 Å². The SMILES string of the molecule is Cc1ccc(S(=O)(=O)N(c2ccc([N+](=O)[O-])cc2)C(C)Nc2cccc([N+](=O)[O-])c2)cc1. The van der Waals surface area contributed by atoms with Gasteiger partial charge in [-0.25, -0.2) is 12.7 Å². The van der Waals surface area contributed by atoms with Crippen LogP contribution in [0.2, 0.25) is 0 Å². The van der Waals surface area contributed by atoms with E-state index in [9.17, 15) is 28.6 Å². The molecule has 0 saturated carbocycles. The number of sulfonamides is 1. The molecule has 3 rings (SSSR count). The van der Waals surface area contributed by atoms with E-state index in [4.69, 9.17) is 0 Å². The van der Waals surface area contributed by atoms with Crippen molar-refractivity contribution in [2.75, 3.05) is 9.62 Å². The molecule has 0 bridgehead atoms. The van der Waals surface area contributed by atoms with E-state index in [1.165, 1.54) is 54.6 Å². The maximum absolute atomic E-state index is 13.5. The molecular formula is C21H20N4O6S. The monoisotopic (exact) mass is 456 g/mol. The van der Waals surface area contributed by atoms with Gasteiger partial charge in [-0.1, -0.05) is 23.8 Å². The van der Waals surface area contributed by atoms with Crippen molar-refractivity contribution in [3.8, 4) is 0 Å². The number of nitrogens with zero attached hydrogens (tertiary/aromatic N) is 3. The molecule has 0 aliphatic rings. The second kappa shape index (κ2) is 9.02. The lowest BCUT2D eigenvalue weighted by Gasteiger charge is -2.31. The highest BCUT2D eigenvalue weighted by molar-refractivity contribution is 7.92. The number of aryl methyl sites for hydroxylation is 1. The summed E-state index contributed by atoms with van der Waals surface area (Å²) in [5, 5.41) is 25.0. The number of nitro benzene ring substituents is 2. The van der Waals surface area contributed by atoms with Crippen LogP contribution in [-0.4, -0.2) is 24.4 Å². The van der Waals surface area contributed by atoms with E-state index in [1.807, 2.05) is 6.92 Å². The average Bonchev–Trinajstić information content (AvgIpc) is 2.74. The van der Waals surface area contributed by atoms with Crippen molar-refractivity contribution in [2.45, 2.75) is 24.9 Å². The van der Waals surface area contributed by atoms with Crippen LogP contribution in [0.5, 0.6) is 0 Å². The molecule has 0 saturated heterocycles. The molecule has 0 aliphatic carbocycles. The summed E-state index contributed by atoms with van der Waals surface area (Å²) in [6.07, 6.45) is -0.884. The number of non-ortho nitro benzene ring substituents is 2. The fourth-order valence-electron chi connectivity index (χ4n) is 3.12. The van der Waals surface area contributed by atoms with Gasteiger partial charge in [0.25, 0.3) is 21.4 Å². The highest BCUT2D eigenvalue weighted by Gasteiger charge is 2.30. The van der Waals surface area contributed by atoms with E-state index in [0.29, 0.717) is 5.69 Å². The van der Waals surface area contributed by atoms with Crippen molar-refractivity contribution in [2.24, 2.45) is 0 Å². The molecule has 0 fully saturated rings. The van der Waals surface area contributed by atoms with E-state index < -0.39 is 26.0 Å². The Morgan fingerprint density at radius 2 is 1.47 bits per heavy atom. The standard InChI is InChI=1S/C21H20N4O6S/c1-15-6-12-21(13-7-15)32(30,31)23(18-8-10-19(11-9-18)24(26)27)16(2)22-17-4-3-5-20(14-17)25(28)29/h3-14,16,22H,1-2H3. The number of nitro groups is 2. The van der Waals surface area contributed by atoms with Gasteiger partial charge >= 0.3 is 0 Å². The third-order valence-electron chi connectivity index (χ3n) is 4.68. The Balaban J connectivity index is 2.05. The Labute approximate surface area is 184 Å². The molecule has 166 valence electrons. The predicted molar refractivity (Wildman–Crippen MR) is 120 cm³/mol. The molecule has 3 aromatic carbocycles. The third kappa shape index (κ3) is 4.83. The van der Waals surface area contributed by atoms with E-state index in [0.717, 1.165) is 9.87 Å². The van der Waals surface area contributed by atoms with E-state index in [-0.39, 0.29) is 22.0 Å². The zero-order valence-corrected chi connectivity index (χ0v) is 18.0. The third-order valence-corrected chi connectivity index (χ3v) is 6.59. The van der Waals surface area contributed by atoms with Crippen LogP contribution >= 0.6 is 0 Å². The van der Waals surface area contributed by atoms with Crippen LogP contribution in [0.25, 0.3) is 0 Å². The van der Waals surface area contributed by atoms with E-state index in [1.54, 1.807) is 25.1 Å². The molecule has 0 aromatic heterocycles. The fraction of sp³-hybridized carbons (Fsp3) is 0.143. The zero-order chi connectivity index (χ0) is 23.5. The maximum atomic E-state index is 13.5. The number of hydrogen-bond acceptors (Lipinski definition) is 7. The van der Waals surface area contributed by atoms with Crippen molar-refractivity contribution < 1.29 is 18.3 Å². The molecule has 10 nitrogen and oxygen atoms in total. The first-order valence-electron chi connectivity index (χ1n) is 9.46. The Morgan fingerprint density at radius 3 is 2.03 bits per heavy atom. The van der Waals surface area contributed by atoms with Gasteiger partial charge in [-0.15, -0.1) is 0 Å². The highest BCUT2D eigenvalue weighted by atomic mass is 32.2. The van der Waals surface area contributed by atoms with Crippen LogP contribution in [0, 0.1) is 27.2 Å². The second-order valence-electron chi connectivity index (χ2n) is 7.02. The molecule has 32 heavy (non-hydrogen) atoms. The smallest absolute Gasteiger partial charge is 0.271 e. The average molecular weight is 456 g/mol. The molecule has 0 heterocycles. The largest absolute Gasteiger partial charge is 0.364 e. The molecule has 0 amide bonds. The molecule has 1 unspecified atom stereocenters. The summed E-state index contributed by atoms with van der Waals surface area (Å²) in [4.78, 5) is 21.0. The number of nitrogens with one attached hydrogen (secondary N) is 1. The second-order valence-corrected chi connectivity index (χ2v) is 8.83. The van der Waals surface area contributed by atoms with Crippen molar-refractivity contribution in [3.05, 3.63) is 98.6 Å². The zero-order valence-electron chi connectivity index (χ0n) is 17.2. The van der Waals surface area contributed by atoms with Gasteiger partial charge in [0.05, 0.1) is 20.4 Å². The molecule has 0 radical (unpaired) electrons. The number of rotatable bonds is 8. The van der Waals surface area contributed by atoms with Crippen molar-refractivity contribution >= 4 is 32.8 Å². The molecule has 11 heteroatoms. The Kier molecular flexibility index (Phi) is 6.40. The topological polar surface area (TPSA) is 136 Å². The van der Waals surface area contributed by atoms with Crippen LogP contribution in [0.3, 0.4) is 0 Å².